The first-order chi connectivity index (χ1) is 13.1. The molecule has 1 N–H and O–H groups in total. The van der Waals surface area contributed by atoms with Crippen LogP contribution < -0.4 is 4.74 Å². The fraction of sp³-hybridized carbons (Fsp3) is 0.238. The third-order valence-corrected chi connectivity index (χ3v) is 5.32. The predicted octanol–water partition coefficient (Wildman–Crippen LogP) is 4.59. The maximum absolute atomic E-state index is 12.8. The molecule has 1 saturated heterocycles. The molecule has 0 bridgehead atoms. The first-order valence-electron chi connectivity index (χ1n) is 8.82. The number of aromatic hydroxyl groups is 1. The van der Waals surface area contributed by atoms with Crippen LogP contribution in [0, 0.1) is 0 Å². The molecule has 3 rings (SSSR count). The molecule has 2 aromatic carbocycles. The van der Waals surface area contributed by atoms with E-state index >= 15 is 0 Å². The summed E-state index contributed by atoms with van der Waals surface area (Å²) in [6.45, 7) is 4.55. The Bertz CT molecular complexity index is 904. The second kappa shape index (κ2) is 8.31. The van der Waals surface area contributed by atoms with Crippen molar-refractivity contribution in [3.05, 3.63) is 58.5 Å². The highest BCUT2D eigenvalue weighted by atomic mass is 32.2. The van der Waals surface area contributed by atoms with Gasteiger partial charge >= 0.3 is 0 Å². The number of phenols is 1. The van der Waals surface area contributed by atoms with E-state index in [-0.39, 0.29) is 11.7 Å². The highest BCUT2D eigenvalue weighted by Gasteiger charge is 2.32. The van der Waals surface area contributed by atoms with E-state index in [9.17, 15) is 9.90 Å². The molecule has 140 valence electrons. The van der Waals surface area contributed by atoms with E-state index in [1.54, 1.807) is 29.2 Å². The number of phenolic OH excluding ortho intramolecular Hbond substituents is 1. The fourth-order valence-corrected chi connectivity index (χ4v) is 3.80. The van der Waals surface area contributed by atoms with Crippen LogP contribution in [0.25, 0.3) is 6.08 Å². The Morgan fingerprint density at radius 2 is 1.93 bits per heavy atom. The lowest BCUT2D eigenvalue weighted by atomic mass is 10.1. The molecule has 1 aliphatic heterocycles. The molecule has 1 amide bonds. The predicted molar refractivity (Wildman–Crippen MR) is 111 cm³/mol. The number of ether oxygens (including phenoxy) is 1. The van der Waals surface area contributed by atoms with Crippen LogP contribution in [-0.2, 0) is 11.2 Å². The summed E-state index contributed by atoms with van der Waals surface area (Å²) in [7, 11) is 1.49. The van der Waals surface area contributed by atoms with E-state index in [1.165, 1.54) is 24.4 Å². The fourth-order valence-electron chi connectivity index (χ4n) is 2.75. The lowest BCUT2D eigenvalue weighted by Crippen LogP contribution is -2.28. The number of aliphatic imine (C=N–C) groups is 1. The van der Waals surface area contributed by atoms with E-state index in [4.69, 9.17) is 4.74 Å². The maximum atomic E-state index is 12.8. The van der Waals surface area contributed by atoms with Gasteiger partial charge in [-0.3, -0.25) is 9.69 Å². The number of methoxy groups -OCH3 is 1. The molecule has 6 heteroatoms. The van der Waals surface area contributed by atoms with Crippen LogP contribution in [-0.4, -0.2) is 34.7 Å². The smallest absolute Gasteiger partial charge is 0.266 e. The molecule has 27 heavy (non-hydrogen) atoms. The number of nitrogens with zero attached hydrogens (tertiary/aromatic N) is 2. The van der Waals surface area contributed by atoms with Crippen molar-refractivity contribution < 1.29 is 14.6 Å². The Hall–Kier alpha value is -2.73. The third kappa shape index (κ3) is 4.01. The summed E-state index contributed by atoms with van der Waals surface area (Å²) in [6, 6.07) is 13.2. The molecule has 0 saturated carbocycles. The highest BCUT2D eigenvalue weighted by molar-refractivity contribution is 8.18. The van der Waals surface area contributed by atoms with Crippen LogP contribution in [0.5, 0.6) is 11.5 Å². The maximum Gasteiger partial charge on any atom is 0.266 e. The molecule has 2 aromatic rings. The number of carbonyl (C=O) groups excluding carboxylic acids is 1. The average Bonchev–Trinajstić information content (AvgIpc) is 2.98. The van der Waals surface area contributed by atoms with Gasteiger partial charge in [-0.1, -0.05) is 31.2 Å². The van der Waals surface area contributed by atoms with Gasteiger partial charge < -0.3 is 9.84 Å². The van der Waals surface area contributed by atoms with Crippen molar-refractivity contribution in [2.45, 2.75) is 20.3 Å². The molecule has 0 aliphatic carbocycles. The minimum Gasteiger partial charge on any atom is -0.504 e. The number of amides is 1. The number of hydrogen-bond donors (Lipinski definition) is 1. The number of likely N-dealkylation sites (N-methyl/N-ethyl adjacent to an activating group) is 1. The van der Waals surface area contributed by atoms with Crippen LogP contribution in [0.15, 0.2) is 52.4 Å². The van der Waals surface area contributed by atoms with E-state index < -0.39 is 0 Å². The molecule has 0 aromatic heterocycles. The van der Waals surface area contributed by atoms with Crippen LogP contribution >= 0.6 is 11.8 Å². The standard InChI is InChI=1S/C21H22N2O3S/c1-4-14-9-11-16(12-10-14)22-21-23(5-2)20(25)18(27-21)13-15-7-6-8-17(26-3)19(15)24/h6-13,24H,4-5H2,1-3H3. The van der Waals surface area contributed by atoms with Crippen molar-refractivity contribution in [3.8, 4) is 11.5 Å². The van der Waals surface area contributed by atoms with Gasteiger partial charge in [0, 0.05) is 12.1 Å². The molecule has 0 spiro atoms. The lowest BCUT2D eigenvalue weighted by molar-refractivity contribution is -0.122. The highest BCUT2D eigenvalue weighted by Crippen LogP contribution is 2.37. The normalized spacial score (nSPS) is 17.1. The van der Waals surface area contributed by atoms with Crippen LogP contribution in [0.3, 0.4) is 0 Å². The largest absolute Gasteiger partial charge is 0.504 e. The molecule has 1 fully saturated rings. The van der Waals surface area contributed by atoms with Gasteiger partial charge in [-0.2, -0.15) is 0 Å². The number of carbonyl (C=O) groups is 1. The Morgan fingerprint density at radius 1 is 1.19 bits per heavy atom. The first kappa shape index (κ1) is 19.0. The SMILES string of the molecule is CCc1ccc(N=C2SC(=Cc3cccc(OC)c3O)C(=O)N2CC)cc1. The molecular formula is C21H22N2O3S. The van der Waals surface area contributed by atoms with Gasteiger partial charge in [-0.15, -0.1) is 0 Å². The molecule has 1 aliphatic rings. The summed E-state index contributed by atoms with van der Waals surface area (Å²) in [5.41, 5.74) is 2.59. The molecular weight excluding hydrogens is 360 g/mol. The third-order valence-electron chi connectivity index (χ3n) is 4.31. The Kier molecular flexibility index (Phi) is 5.86. The van der Waals surface area contributed by atoms with E-state index in [2.05, 4.69) is 11.9 Å². The van der Waals surface area contributed by atoms with Crippen molar-refractivity contribution in [1.82, 2.24) is 4.90 Å². The summed E-state index contributed by atoms with van der Waals surface area (Å²) in [6.07, 6.45) is 2.65. The quantitative estimate of drug-likeness (QED) is 0.769. The number of amidine groups is 1. The van der Waals surface area contributed by atoms with Gasteiger partial charge in [0.25, 0.3) is 5.91 Å². The monoisotopic (exact) mass is 382 g/mol. The number of benzene rings is 2. The number of rotatable bonds is 5. The molecule has 5 nitrogen and oxygen atoms in total. The van der Waals surface area contributed by atoms with Gasteiger partial charge in [-0.05, 0) is 54.9 Å². The minimum atomic E-state index is -0.117. The van der Waals surface area contributed by atoms with E-state index in [0.717, 1.165) is 12.1 Å². The molecule has 0 unspecified atom stereocenters. The van der Waals surface area contributed by atoms with Crippen molar-refractivity contribution in [1.29, 1.82) is 0 Å². The summed E-state index contributed by atoms with van der Waals surface area (Å²) in [5.74, 6) is 0.273. The van der Waals surface area contributed by atoms with Gasteiger partial charge in [0.15, 0.2) is 16.7 Å². The molecule has 0 atom stereocenters. The number of hydrogen-bond acceptors (Lipinski definition) is 5. The van der Waals surface area contributed by atoms with Crippen molar-refractivity contribution in [2.75, 3.05) is 13.7 Å². The first-order valence-corrected chi connectivity index (χ1v) is 9.64. The molecule has 1 heterocycles. The second-order valence-electron chi connectivity index (χ2n) is 5.97. The van der Waals surface area contributed by atoms with Gasteiger partial charge in [0.2, 0.25) is 0 Å². The second-order valence-corrected chi connectivity index (χ2v) is 6.98. The van der Waals surface area contributed by atoms with Crippen LogP contribution in [0.1, 0.15) is 25.0 Å². The van der Waals surface area contributed by atoms with Gasteiger partial charge in [0.05, 0.1) is 17.7 Å². The topological polar surface area (TPSA) is 62.1 Å². The number of aryl methyl sites for hydroxylation is 1. The van der Waals surface area contributed by atoms with Crippen LogP contribution in [0.2, 0.25) is 0 Å². The van der Waals surface area contributed by atoms with Crippen molar-refractivity contribution in [3.63, 3.8) is 0 Å². The summed E-state index contributed by atoms with van der Waals surface area (Å²) in [5, 5.41) is 10.9. The molecule has 0 radical (unpaired) electrons. The zero-order chi connectivity index (χ0) is 19.4. The summed E-state index contributed by atoms with van der Waals surface area (Å²) < 4.78 is 5.13. The Labute approximate surface area is 163 Å². The average molecular weight is 382 g/mol. The van der Waals surface area contributed by atoms with Crippen LogP contribution in [0.4, 0.5) is 5.69 Å². The van der Waals surface area contributed by atoms with Gasteiger partial charge in [0.1, 0.15) is 0 Å². The van der Waals surface area contributed by atoms with Crippen molar-refractivity contribution >= 4 is 34.6 Å². The summed E-state index contributed by atoms with van der Waals surface area (Å²) >= 11 is 1.31. The summed E-state index contributed by atoms with van der Waals surface area (Å²) in [4.78, 5) is 19.5. The van der Waals surface area contributed by atoms with E-state index in [0.29, 0.717) is 27.9 Å². The Morgan fingerprint density at radius 3 is 2.56 bits per heavy atom. The van der Waals surface area contributed by atoms with E-state index in [1.807, 2.05) is 31.2 Å². The lowest BCUT2D eigenvalue weighted by Gasteiger charge is -2.12. The minimum absolute atomic E-state index is 0.0180. The van der Waals surface area contributed by atoms with Crippen molar-refractivity contribution in [2.24, 2.45) is 4.99 Å². The van der Waals surface area contributed by atoms with Gasteiger partial charge in [-0.25, -0.2) is 4.99 Å². The number of thioether (sulfide) groups is 1. The Balaban J connectivity index is 1.93. The zero-order valence-electron chi connectivity index (χ0n) is 15.6. The zero-order valence-corrected chi connectivity index (χ0v) is 16.4. The number of para-hydroxylation sites is 1.